The number of anilines is 1. The summed E-state index contributed by atoms with van der Waals surface area (Å²) in [5.41, 5.74) is 5.54. The highest BCUT2D eigenvalue weighted by molar-refractivity contribution is 5.72. The van der Waals surface area contributed by atoms with Crippen LogP contribution >= 0.6 is 0 Å². The zero-order valence-corrected chi connectivity index (χ0v) is 10.6. The van der Waals surface area contributed by atoms with Crippen LogP contribution in [0.4, 0.5) is 18.9 Å². The minimum Gasteiger partial charge on any atom is -0.381 e. The number of benzene rings is 1. The Hall–Kier alpha value is -2.02. The number of rotatable bonds is 5. The molecule has 0 unspecified atom stereocenters. The van der Waals surface area contributed by atoms with E-state index in [0.717, 1.165) is 18.6 Å². The Balaban J connectivity index is 2.26. The minimum atomic E-state index is -4.39. The maximum Gasteiger partial charge on any atom is 0.416 e. The summed E-state index contributed by atoms with van der Waals surface area (Å²) in [5, 5.41) is 6.65. The van der Waals surface area contributed by atoms with Gasteiger partial charge in [0.15, 0.2) is 5.76 Å². The van der Waals surface area contributed by atoms with Gasteiger partial charge in [0.05, 0.1) is 11.8 Å². The average Bonchev–Trinajstić information content (AvgIpc) is 2.87. The molecular weight excluding hydrogens is 271 g/mol. The largest absolute Gasteiger partial charge is 0.416 e. The third kappa shape index (κ3) is 3.30. The molecule has 0 saturated heterocycles. The van der Waals surface area contributed by atoms with Crippen molar-refractivity contribution in [3.8, 4) is 11.3 Å². The van der Waals surface area contributed by atoms with Crippen molar-refractivity contribution in [1.29, 1.82) is 0 Å². The topological polar surface area (TPSA) is 64.1 Å². The number of nitrogens with one attached hydrogen (secondary N) is 1. The highest BCUT2D eigenvalue weighted by Crippen LogP contribution is 2.34. The van der Waals surface area contributed by atoms with E-state index < -0.39 is 11.7 Å². The van der Waals surface area contributed by atoms with E-state index >= 15 is 0 Å². The molecule has 2 aromatic rings. The predicted molar refractivity (Wildman–Crippen MR) is 69.1 cm³/mol. The molecule has 0 spiro atoms. The third-order valence-electron chi connectivity index (χ3n) is 2.72. The van der Waals surface area contributed by atoms with E-state index in [2.05, 4.69) is 10.5 Å². The number of hydrogen-bond acceptors (Lipinski definition) is 4. The van der Waals surface area contributed by atoms with Gasteiger partial charge in [0.1, 0.15) is 5.69 Å². The molecule has 0 amide bonds. The maximum absolute atomic E-state index is 12.7. The Morgan fingerprint density at radius 2 is 2.10 bits per heavy atom. The van der Waals surface area contributed by atoms with Crippen molar-refractivity contribution in [2.45, 2.75) is 12.6 Å². The summed E-state index contributed by atoms with van der Waals surface area (Å²) in [6.07, 6.45) is -2.21. The van der Waals surface area contributed by atoms with E-state index in [1.165, 1.54) is 12.3 Å². The monoisotopic (exact) mass is 285 g/mol. The van der Waals surface area contributed by atoms with Crippen LogP contribution in [0.15, 0.2) is 35.0 Å². The molecule has 0 aliphatic carbocycles. The van der Waals surface area contributed by atoms with E-state index in [4.69, 9.17) is 10.3 Å². The van der Waals surface area contributed by atoms with Gasteiger partial charge in [-0.1, -0.05) is 17.3 Å². The van der Waals surface area contributed by atoms with Crippen molar-refractivity contribution in [1.82, 2.24) is 5.16 Å². The number of hydrogen-bond donors (Lipinski definition) is 2. The molecule has 7 heteroatoms. The van der Waals surface area contributed by atoms with Gasteiger partial charge >= 0.3 is 6.18 Å². The second-order valence-electron chi connectivity index (χ2n) is 4.22. The zero-order valence-electron chi connectivity index (χ0n) is 10.6. The zero-order chi connectivity index (χ0) is 14.6. The first-order chi connectivity index (χ1) is 9.52. The van der Waals surface area contributed by atoms with Crippen LogP contribution in [0, 0.1) is 0 Å². The van der Waals surface area contributed by atoms with Crippen LogP contribution in [-0.4, -0.2) is 18.2 Å². The van der Waals surface area contributed by atoms with E-state index in [1.54, 1.807) is 6.07 Å². The standard InChI is InChI=1S/C13H14F3N3O/c14-13(15,16)10-4-1-3-9(7-10)12-11(8-19-20-12)18-6-2-5-17/h1,3-4,7-8,18H,2,5-6,17H2. The fourth-order valence-electron chi connectivity index (χ4n) is 1.74. The lowest BCUT2D eigenvalue weighted by molar-refractivity contribution is -0.137. The Bertz CT molecular complexity index is 566. The van der Waals surface area contributed by atoms with Gasteiger partial charge in [0.25, 0.3) is 0 Å². The molecule has 0 atom stereocenters. The number of alkyl halides is 3. The first kappa shape index (κ1) is 14.4. The number of halogens is 3. The van der Waals surface area contributed by atoms with Gasteiger partial charge in [0, 0.05) is 12.1 Å². The van der Waals surface area contributed by atoms with Crippen molar-refractivity contribution < 1.29 is 17.7 Å². The molecule has 3 N–H and O–H groups in total. The van der Waals surface area contributed by atoms with Crippen LogP contribution in [0.1, 0.15) is 12.0 Å². The Morgan fingerprint density at radius 3 is 2.80 bits per heavy atom. The van der Waals surface area contributed by atoms with Crippen molar-refractivity contribution >= 4 is 5.69 Å². The quantitative estimate of drug-likeness (QED) is 0.828. The molecule has 0 radical (unpaired) electrons. The molecule has 1 heterocycles. The predicted octanol–water partition coefficient (Wildman–Crippen LogP) is 3.12. The molecular formula is C13H14F3N3O. The average molecular weight is 285 g/mol. The minimum absolute atomic E-state index is 0.285. The van der Waals surface area contributed by atoms with Gasteiger partial charge in [-0.2, -0.15) is 13.2 Å². The molecule has 0 bridgehead atoms. The molecule has 20 heavy (non-hydrogen) atoms. The normalized spacial score (nSPS) is 11.6. The van der Waals surface area contributed by atoms with Gasteiger partial charge in [-0.05, 0) is 25.1 Å². The van der Waals surface area contributed by atoms with Crippen LogP contribution in [0.3, 0.4) is 0 Å². The first-order valence-corrected chi connectivity index (χ1v) is 6.08. The van der Waals surface area contributed by atoms with Crippen LogP contribution in [0.5, 0.6) is 0 Å². The van der Waals surface area contributed by atoms with Crippen LogP contribution in [0.25, 0.3) is 11.3 Å². The third-order valence-corrected chi connectivity index (χ3v) is 2.72. The van der Waals surface area contributed by atoms with Gasteiger partial charge in [-0.3, -0.25) is 0 Å². The van der Waals surface area contributed by atoms with Crippen molar-refractivity contribution in [3.05, 3.63) is 36.0 Å². The molecule has 1 aromatic carbocycles. The van der Waals surface area contributed by atoms with E-state index in [0.29, 0.717) is 24.3 Å². The second-order valence-corrected chi connectivity index (χ2v) is 4.22. The number of aromatic nitrogens is 1. The summed E-state index contributed by atoms with van der Waals surface area (Å²) in [7, 11) is 0. The smallest absolute Gasteiger partial charge is 0.381 e. The molecule has 108 valence electrons. The lowest BCUT2D eigenvalue weighted by Crippen LogP contribution is -2.08. The molecule has 4 nitrogen and oxygen atoms in total. The van der Waals surface area contributed by atoms with E-state index in [9.17, 15) is 13.2 Å². The maximum atomic E-state index is 12.7. The summed E-state index contributed by atoms with van der Waals surface area (Å²) < 4.78 is 43.1. The molecule has 1 aromatic heterocycles. The summed E-state index contributed by atoms with van der Waals surface area (Å²) in [6, 6.07) is 4.93. The summed E-state index contributed by atoms with van der Waals surface area (Å²) in [6.45, 7) is 1.13. The van der Waals surface area contributed by atoms with Gasteiger partial charge in [0.2, 0.25) is 0 Å². The number of nitrogens with zero attached hydrogens (tertiary/aromatic N) is 1. The Labute approximate surface area is 113 Å². The van der Waals surface area contributed by atoms with Gasteiger partial charge < -0.3 is 15.6 Å². The highest BCUT2D eigenvalue weighted by atomic mass is 19.4. The van der Waals surface area contributed by atoms with Crippen LogP contribution < -0.4 is 11.1 Å². The molecule has 0 fully saturated rings. The molecule has 0 aliphatic rings. The highest BCUT2D eigenvalue weighted by Gasteiger charge is 2.30. The Kier molecular flexibility index (Phi) is 4.29. The van der Waals surface area contributed by atoms with Gasteiger partial charge in [-0.15, -0.1) is 0 Å². The van der Waals surface area contributed by atoms with E-state index in [-0.39, 0.29) is 5.76 Å². The van der Waals surface area contributed by atoms with E-state index in [1.807, 2.05) is 0 Å². The first-order valence-electron chi connectivity index (χ1n) is 6.08. The summed E-state index contributed by atoms with van der Waals surface area (Å²) in [5.74, 6) is 0.285. The lowest BCUT2D eigenvalue weighted by Gasteiger charge is -2.08. The fraction of sp³-hybridized carbons (Fsp3) is 0.308. The SMILES string of the molecule is NCCCNc1cnoc1-c1cccc(C(F)(F)F)c1. The summed E-state index contributed by atoms with van der Waals surface area (Å²) in [4.78, 5) is 0. The lowest BCUT2D eigenvalue weighted by atomic mass is 10.1. The Morgan fingerprint density at radius 1 is 1.30 bits per heavy atom. The number of nitrogens with two attached hydrogens (primary N) is 1. The van der Waals surface area contributed by atoms with Crippen molar-refractivity contribution in [2.24, 2.45) is 5.73 Å². The van der Waals surface area contributed by atoms with Crippen LogP contribution in [0.2, 0.25) is 0 Å². The molecule has 0 saturated carbocycles. The second kappa shape index (κ2) is 5.96. The van der Waals surface area contributed by atoms with Gasteiger partial charge in [-0.25, -0.2) is 0 Å². The van der Waals surface area contributed by atoms with Crippen molar-refractivity contribution in [2.75, 3.05) is 18.4 Å². The van der Waals surface area contributed by atoms with Crippen molar-refractivity contribution in [3.63, 3.8) is 0 Å². The molecule has 2 rings (SSSR count). The fourth-order valence-corrected chi connectivity index (χ4v) is 1.74. The summed E-state index contributed by atoms with van der Waals surface area (Å²) >= 11 is 0. The van der Waals surface area contributed by atoms with Crippen LogP contribution in [-0.2, 0) is 6.18 Å². The molecule has 0 aliphatic heterocycles.